The Bertz CT molecular complexity index is 1260. The monoisotopic (exact) mass is 541 g/mol. The second-order valence-electron chi connectivity index (χ2n) is 7.81. The molecule has 190 valence electrons. The molecule has 0 aliphatic carbocycles. The molecule has 0 unspecified atom stereocenters. The number of anilines is 1. The lowest BCUT2D eigenvalue weighted by molar-refractivity contribution is -0.120. The van der Waals surface area contributed by atoms with Gasteiger partial charge in [0.25, 0.3) is 5.91 Å². The summed E-state index contributed by atoms with van der Waals surface area (Å²) in [6, 6.07) is 12.1. The van der Waals surface area contributed by atoms with Crippen LogP contribution in [-0.4, -0.2) is 83.6 Å². The second-order valence-corrected chi connectivity index (χ2v) is 10.8. The number of amides is 1. The van der Waals surface area contributed by atoms with Crippen LogP contribution < -0.4 is 14.4 Å². The molecule has 2 heterocycles. The Hall–Kier alpha value is -2.44. The number of para-hydroxylation sites is 3. The summed E-state index contributed by atoms with van der Waals surface area (Å²) in [5, 5.41) is 0.438. The van der Waals surface area contributed by atoms with Crippen molar-refractivity contribution in [3.05, 3.63) is 42.5 Å². The van der Waals surface area contributed by atoms with Gasteiger partial charge in [0.15, 0.2) is 33.1 Å². The van der Waals surface area contributed by atoms with Crippen molar-refractivity contribution in [3.63, 3.8) is 0 Å². The van der Waals surface area contributed by atoms with Crippen LogP contribution >= 0.6 is 23.7 Å². The molecule has 1 aliphatic heterocycles. The third-order valence-corrected chi connectivity index (χ3v) is 7.64. The minimum atomic E-state index is -3.47. The number of rotatable bonds is 9. The number of nitrogens with zero attached hydrogens (tertiary/aromatic N) is 3. The molecule has 1 aromatic heterocycles. The largest absolute Gasteiger partial charge is 0.493 e. The Labute approximate surface area is 214 Å². The predicted octanol–water partition coefficient (Wildman–Crippen LogP) is 2.87. The lowest BCUT2D eigenvalue weighted by Crippen LogP contribution is -2.44. The first kappa shape index (κ1) is 27.2. The number of morpholine rings is 1. The van der Waals surface area contributed by atoms with E-state index in [0.717, 1.165) is 19.3 Å². The van der Waals surface area contributed by atoms with Crippen molar-refractivity contribution in [2.45, 2.75) is 4.90 Å². The fourth-order valence-electron chi connectivity index (χ4n) is 3.67. The smallest absolute Gasteiger partial charge is 0.266 e. The third-order valence-electron chi connectivity index (χ3n) is 5.47. The molecule has 1 saturated heterocycles. The lowest BCUT2D eigenvalue weighted by Gasteiger charge is -2.29. The number of sulfone groups is 1. The summed E-state index contributed by atoms with van der Waals surface area (Å²) in [6.07, 6.45) is 1.16. The molecule has 0 saturated carbocycles. The summed E-state index contributed by atoms with van der Waals surface area (Å²) in [7, 11) is -1.92. The van der Waals surface area contributed by atoms with E-state index in [0.29, 0.717) is 53.2 Å². The van der Waals surface area contributed by atoms with Crippen LogP contribution in [0.2, 0.25) is 0 Å². The molecular weight excluding hydrogens is 514 g/mol. The van der Waals surface area contributed by atoms with Gasteiger partial charge in [-0.05, 0) is 24.3 Å². The van der Waals surface area contributed by atoms with Gasteiger partial charge < -0.3 is 14.2 Å². The average molecular weight is 542 g/mol. The maximum Gasteiger partial charge on any atom is 0.266 e. The Morgan fingerprint density at radius 1 is 1.14 bits per heavy atom. The minimum Gasteiger partial charge on any atom is -0.493 e. The molecule has 1 aliphatic rings. The number of aromatic nitrogens is 1. The molecule has 0 spiro atoms. The highest BCUT2D eigenvalue weighted by molar-refractivity contribution is 7.91. The molecule has 0 bridgehead atoms. The van der Waals surface area contributed by atoms with Crippen molar-refractivity contribution in [1.29, 1.82) is 0 Å². The highest BCUT2D eigenvalue weighted by Crippen LogP contribution is 2.33. The number of ether oxygens (including phenoxy) is 3. The molecular formula is C23H28ClN3O6S2. The van der Waals surface area contributed by atoms with Crippen LogP contribution in [0.15, 0.2) is 47.4 Å². The van der Waals surface area contributed by atoms with Crippen LogP contribution in [0.3, 0.4) is 0 Å². The normalized spacial score (nSPS) is 14.3. The van der Waals surface area contributed by atoms with Crippen molar-refractivity contribution in [2.75, 3.05) is 64.3 Å². The number of thiazole rings is 1. The third kappa shape index (κ3) is 6.62. The highest BCUT2D eigenvalue weighted by Gasteiger charge is 2.24. The fourth-order valence-corrected chi connectivity index (χ4v) is 5.61. The Balaban J connectivity index is 0.00000342. The van der Waals surface area contributed by atoms with E-state index in [9.17, 15) is 13.2 Å². The van der Waals surface area contributed by atoms with E-state index in [1.54, 1.807) is 42.3 Å². The quantitative estimate of drug-likeness (QED) is 0.408. The van der Waals surface area contributed by atoms with Crippen LogP contribution in [0.25, 0.3) is 10.2 Å². The van der Waals surface area contributed by atoms with Gasteiger partial charge >= 0.3 is 0 Å². The van der Waals surface area contributed by atoms with Crippen molar-refractivity contribution in [1.82, 2.24) is 9.88 Å². The number of hydrogen-bond acceptors (Lipinski definition) is 9. The first-order chi connectivity index (χ1) is 16.4. The van der Waals surface area contributed by atoms with E-state index in [1.807, 2.05) is 6.07 Å². The number of methoxy groups -OCH3 is 1. The van der Waals surface area contributed by atoms with E-state index in [4.69, 9.17) is 14.2 Å². The van der Waals surface area contributed by atoms with E-state index >= 15 is 0 Å². The number of halogens is 1. The molecule has 0 atom stereocenters. The first-order valence-electron chi connectivity index (χ1n) is 10.8. The molecule has 3 aromatic rings. The zero-order valence-electron chi connectivity index (χ0n) is 19.5. The van der Waals surface area contributed by atoms with Crippen LogP contribution in [-0.2, 0) is 19.4 Å². The summed E-state index contributed by atoms with van der Waals surface area (Å²) in [4.78, 5) is 21.8. The number of carbonyl (C=O) groups is 1. The summed E-state index contributed by atoms with van der Waals surface area (Å²) in [5.74, 6) is 0.724. The maximum atomic E-state index is 13.3. The fraction of sp³-hybridized carbons (Fsp3) is 0.391. The topological polar surface area (TPSA) is 98.3 Å². The van der Waals surface area contributed by atoms with Crippen LogP contribution in [0.1, 0.15) is 0 Å². The number of fused-ring (bicyclic) bond motifs is 1. The van der Waals surface area contributed by atoms with Gasteiger partial charge in [-0.25, -0.2) is 13.4 Å². The maximum absolute atomic E-state index is 13.3. The van der Waals surface area contributed by atoms with E-state index < -0.39 is 9.84 Å². The zero-order chi connectivity index (χ0) is 24.1. The van der Waals surface area contributed by atoms with Crippen molar-refractivity contribution < 1.29 is 27.4 Å². The van der Waals surface area contributed by atoms with Gasteiger partial charge in [-0.3, -0.25) is 14.6 Å². The van der Waals surface area contributed by atoms with E-state index in [1.165, 1.54) is 17.4 Å². The minimum absolute atomic E-state index is 0. The van der Waals surface area contributed by atoms with Gasteiger partial charge in [0.1, 0.15) is 5.52 Å². The summed E-state index contributed by atoms with van der Waals surface area (Å²) < 4.78 is 41.7. The van der Waals surface area contributed by atoms with Gasteiger partial charge in [-0.15, -0.1) is 12.4 Å². The second kappa shape index (κ2) is 12.0. The number of benzene rings is 2. The van der Waals surface area contributed by atoms with Gasteiger partial charge in [0.05, 0.1) is 29.9 Å². The van der Waals surface area contributed by atoms with E-state index in [2.05, 4.69) is 9.88 Å². The molecule has 2 aromatic carbocycles. The Morgan fingerprint density at radius 2 is 1.86 bits per heavy atom. The molecule has 0 radical (unpaired) electrons. The summed E-state index contributed by atoms with van der Waals surface area (Å²) >= 11 is 1.29. The van der Waals surface area contributed by atoms with E-state index in [-0.39, 0.29) is 29.8 Å². The van der Waals surface area contributed by atoms with Gasteiger partial charge in [-0.2, -0.15) is 0 Å². The molecule has 9 nitrogen and oxygen atoms in total. The van der Waals surface area contributed by atoms with Crippen molar-refractivity contribution >= 4 is 54.8 Å². The predicted molar refractivity (Wildman–Crippen MR) is 138 cm³/mol. The molecule has 1 amide bonds. The number of carbonyl (C=O) groups excluding carboxylic acids is 1. The van der Waals surface area contributed by atoms with Crippen molar-refractivity contribution in [3.8, 4) is 11.5 Å². The van der Waals surface area contributed by atoms with Crippen LogP contribution in [0.5, 0.6) is 11.5 Å². The SMILES string of the molecule is COc1ccccc1OCC(=O)N(CCN1CCOCC1)c1nc2c(S(C)(=O)=O)cccc2s1.Cl. The Morgan fingerprint density at radius 3 is 2.54 bits per heavy atom. The van der Waals surface area contributed by atoms with Crippen LogP contribution in [0.4, 0.5) is 5.13 Å². The summed E-state index contributed by atoms with van der Waals surface area (Å²) in [6.45, 7) is 3.71. The van der Waals surface area contributed by atoms with Gasteiger partial charge in [0, 0.05) is 32.4 Å². The molecule has 35 heavy (non-hydrogen) atoms. The molecule has 0 N–H and O–H groups in total. The van der Waals surface area contributed by atoms with Gasteiger partial charge in [-0.1, -0.05) is 29.5 Å². The zero-order valence-corrected chi connectivity index (χ0v) is 22.0. The van der Waals surface area contributed by atoms with Gasteiger partial charge in [0.2, 0.25) is 0 Å². The molecule has 12 heteroatoms. The average Bonchev–Trinajstić information content (AvgIpc) is 3.27. The standard InChI is InChI=1S/C23H27N3O6S2.ClH/c1-30-17-6-3-4-7-18(17)32-16-21(27)26(11-10-25-12-14-31-15-13-25)23-24-22-19(33-23)8-5-9-20(22)34(2,28)29;/h3-9H,10-16H2,1-2H3;1H. The number of hydrogen-bond donors (Lipinski definition) is 0. The first-order valence-corrected chi connectivity index (χ1v) is 13.5. The lowest BCUT2D eigenvalue weighted by atomic mass is 10.3. The molecule has 4 rings (SSSR count). The van der Waals surface area contributed by atoms with Crippen molar-refractivity contribution in [2.24, 2.45) is 0 Å². The Kier molecular flexibility index (Phi) is 9.31. The van der Waals surface area contributed by atoms with Crippen LogP contribution in [0, 0.1) is 0 Å². The molecule has 1 fully saturated rings. The highest BCUT2D eigenvalue weighted by atomic mass is 35.5. The summed E-state index contributed by atoms with van der Waals surface area (Å²) in [5.41, 5.74) is 0.375.